The zero-order valence-electron chi connectivity index (χ0n) is 9.87. The zero-order valence-corrected chi connectivity index (χ0v) is 11.5. The summed E-state index contributed by atoms with van der Waals surface area (Å²) < 4.78 is 0. The van der Waals surface area contributed by atoms with E-state index < -0.39 is 5.97 Å². The van der Waals surface area contributed by atoms with Crippen molar-refractivity contribution in [3.8, 4) is 0 Å². The predicted octanol–water partition coefficient (Wildman–Crippen LogP) is 2.23. The molecule has 1 saturated heterocycles. The van der Waals surface area contributed by atoms with Gasteiger partial charge >= 0.3 is 5.97 Å². The summed E-state index contributed by atoms with van der Waals surface area (Å²) in [7, 11) is 0. The molecular formula is C12H15NO3S2. The summed E-state index contributed by atoms with van der Waals surface area (Å²) in [6.07, 6.45) is 2.04. The molecule has 0 spiro atoms. The first-order chi connectivity index (χ1) is 8.68. The summed E-state index contributed by atoms with van der Waals surface area (Å²) >= 11 is 2.84. The van der Waals surface area contributed by atoms with Gasteiger partial charge in [0.05, 0.1) is 17.5 Å². The molecule has 0 bridgehead atoms. The van der Waals surface area contributed by atoms with Crippen LogP contribution in [0.25, 0.3) is 0 Å². The van der Waals surface area contributed by atoms with Gasteiger partial charge in [-0.1, -0.05) is 6.07 Å². The Kier molecular flexibility index (Phi) is 4.66. The molecule has 1 aliphatic rings. The molecule has 1 aliphatic heterocycles. The van der Waals surface area contributed by atoms with Gasteiger partial charge in [-0.05, 0) is 24.3 Å². The van der Waals surface area contributed by atoms with Crippen molar-refractivity contribution in [2.75, 3.05) is 18.1 Å². The third-order valence-corrected chi connectivity index (χ3v) is 4.77. The van der Waals surface area contributed by atoms with Crippen LogP contribution in [0.5, 0.6) is 0 Å². The molecule has 2 heterocycles. The predicted molar refractivity (Wildman–Crippen MR) is 73.0 cm³/mol. The lowest BCUT2D eigenvalue weighted by atomic mass is 10.2. The second kappa shape index (κ2) is 6.24. The Morgan fingerprint density at radius 1 is 1.50 bits per heavy atom. The normalized spacial score (nSPS) is 19.1. The minimum Gasteiger partial charge on any atom is -0.481 e. The Balaban J connectivity index is 1.91. The fourth-order valence-electron chi connectivity index (χ4n) is 2.15. The SMILES string of the molecule is O=C(O)CSCC(=O)N1CCCC1c1cccs1. The molecule has 2 rings (SSSR count). The van der Waals surface area contributed by atoms with Crippen molar-refractivity contribution in [1.82, 2.24) is 4.90 Å². The number of carboxylic acids is 1. The number of amides is 1. The molecule has 98 valence electrons. The van der Waals surface area contributed by atoms with Crippen molar-refractivity contribution < 1.29 is 14.7 Å². The maximum Gasteiger partial charge on any atom is 0.313 e. The van der Waals surface area contributed by atoms with Crippen LogP contribution in [-0.4, -0.2) is 39.9 Å². The molecule has 18 heavy (non-hydrogen) atoms. The van der Waals surface area contributed by atoms with Crippen LogP contribution in [-0.2, 0) is 9.59 Å². The second-order valence-electron chi connectivity index (χ2n) is 4.15. The van der Waals surface area contributed by atoms with Crippen molar-refractivity contribution >= 4 is 35.0 Å². The number of likely N-dealkylation sites (tertiary alicyclic amines) is 1. The summed E-state index contributed by atoms with van der Waals surface area (Å²) in [4.78, 5) is 25.6. The number of carbonyl (C=O) groups excluding carboxylic acids is 1. The first kappa shape index (κ1) is 13.4. The number of carboxylic acid groups (broad SMARTS) is 1. The van der Waals surface area contributed by atoms with Gasteiger partial charge in [-0.15, -0.1) is 23.1 Å². The number of thiophene rings is 1. The molecule has 1 aromatic heterocycles. The highest BCUT2D eigenvalue weighted by Gasteiger charge is 2.30. The van der Waals surface area contributed by atoms with Gasteiger partial charge in [-0.25, -0.2) is 0 Å². The van der Waals surface area contributed by atoms with Gasteiger partial charge in [0.25, 0.3) is 0 Å². The molecule has 4 nitrogen and oxygen atoms in total. The van der Waals surface area contributed by atoms with E-state index in [-0.39, 0.29) is 23.5 Å². The molecule has 1 aromatic rings. The van der Waals surface area contributed by atoms with Gasteiger partial charge < -0.3 is 10.0 Å². The highest BCUT2D eigenvalue weighted by atomic mass is 32.2. The molecule has 1 N–H and O–H groups in total. The number of hydrogen-bond donors (Lipinski definition) is 1. The van der Waals surface area contributed by atoms with Gasteiger partial charge in [0.15, 0.2) is 0 Å². The fraction of sp³-hybridized carbons (Fsp3) is 0.500. The highest BCUT2D eigenvalue weighted by molar-refractivity contribution is 8.00. The minimum atomic E-state index is -0.871. The molecule has 1 unspecified atom stereocenters. The van der Waals surface area contributed by atoms with Crippen LogP contribution in [0.1, 0.15) is 23.8 Å². The molecule has 0 aliphatic carbocycles. The quantitative estimate of drug-likeness (QED) is 0.901. The molecule has 1 fully saturated rings. The lowest BCUT2D eigenvalue weighted by molar-refractivity contribution is -0.133. The Labute approximate surface area is 114 Å². The van der Waals surface area contributed by atoms with E-state index in [0.29, 0.717) is 0 Å². The number of carbonyl (C=O) groups is 2. The van der Waals surface area contributed by atoms with E-state index >= 15 is 0 Å². The van der Waals surface area contributed by atoms with E-state index in [1.54, 1.807) is 11.3 Å². The molecule has 1 amide bonds. The number of thioether (sulfide) groups is 1. The largest absolute Gasteiger partial charge is 0.481 e. The van der Waals surface area contributed by atoms with Gasteiger partial charge in [0.2, 0.25) is 5.91 Å². The molecule has 0 aromatic carbocycles. The Morgan fingerprint density at radius 2 is 2.33 bits per heavy atom. The van der Waals surface area contributed by atoms with Gasteiger partial charge in [0.1, 0.15) is 0 Å². The minimum absolute atomic E-state index is 0.0107. The summed E-state index contributed by atoms with van der Waals surface area (Å²) in [6.45, 7) is 0.787. The second-order valence-corrected chi connectivity index (χ2v) is 6.11. The number of aliphatic carboxylic acids is 1. The van der Waals surface area contributed by atoms with Crippen molar-refractivity contribution in [1.29, 1.82) is 0 Å². The highest BCUT2D eigenvalue weighted by Crippen LogP contribution is 2.34. The van der Waals surface area contributed by atoms with E-state index in [4.69, 9.17) is 5.11 Å². The molecule has 1 atom stereocenters. The van der Waals surface area contributed by atoms with Crippen molar-refractivity contribution in [3.63, 3.8) is 0 Å². The lowest BCUT2D eigenvalue weighted by Gasteiger charge is -2.23. The summed E-state index contributed by atoms with van der Waals surface area (Å²) in [6, 6.07) is 4.26. The van der Waals surface area contributed by atoms with E-state index in [1.165, 1.54) is 16.6 Å². The van der Waals surface area contributed by atoms with Crippen LogP contribution in [0.2, 0.25) is 0 Å². The molecular weight excluding hydrogens is 270 g/mol. The van der Waals surface area contributed by atoms with E-state index in [9.17, 15) is 9.59 Å². The molecule has 0 radical (unpaired) electrons. The summed E-state index contributed by atoms with van der Waals surface area (Å²) in [5.41, 5.74) is 0. The number of rotatable bonds is 5. The Morgan fingerprint density at radius 3 is 3.00 bits per heavy atom. The molecule has 0 saturated carbocycles. The third-order valence-electron chi connectivity index (χ3n) is 2.90. The van der Waals surface area contributed by atoms with E-state index in [0.717, 1.165) is 19.4 Å². The Hall–Kier alpha value is -1.01. The smallest absolute Gasteiger partial charge is 0.313 e. The zero-order chi connectivity index (χ0) is 13.0. The molecule has 6 heteroatoms. The monoisotopic (exact) mass is 285 g/mol. The lowest BCUT2D eigenvalue weighted by Crippen LogP contribution is -2.31. The van der Waals surface area contributed by atoms with Crippen LogP contribution >= 0.6 is 23.1 Å². The fourth-order valence-corrected chi connectivity index (χ4v) is 3.64. The first-order valence-electron chi connectivity index (χ1n) is 5.81. The van der Waals surface area contributed by atoms with Crippen molar-refractivity contribution in [2.45, 2.75) is 18.9 Å². The van der Waals surface area contributed by atoms with Crippen LogP contribution in [0.15, 0.2) is 17.5 Å². The van der Waals surface area contributed by atoms with Gasteiger partial charge in [-0.3, -0.25) is 9.59 Å². The Bertz CT molecular complexity index is 419. The van der Waals surface area contributed by atoms with Crippen LogP contribution in [0.3, 0.4) is 0 Å². The van der Waals surface area contributed by atoms with Crippen LogP contribution < -0.4 is 0 Å². The number of nitrogens with zero attached hydrogens (tertiary/aromatic N) is 1. The topological polar surface area (TPSA) is 57.6 Å². The van der Waals surface area contributed by atoms with Crippen molar-refractivity contribution in [3.05, 3.63) is 22.4 Å². The van der Waals surface area contributed by atoms with E-state index in [2.05, 4.69) is 6.07 Å². The average Bonchev–Trinajstić information content (AvgIpc) is 2.99. The average molecular weight is 285 g/mol. The standard InChI is InChI=1S/C12H15NO3S2/c14-11(7-17-8-12(15)16)13-5-1-3-9(13)10-4-2-6-18-10/h2,4,6,9H,1,3,5,7-8H2,(H,15,16). The van der Waals surface area contributed by atoms with Gasteiger partial charge in [0, 0.05) is 11.4 Å². The van der Waals surface area contributed by atoms with Crippen LogP contribution in [0, 0.1) is 0 Å². The number of hydrogen-bond acceptors (Lipinski definition) is 4. The van der Waals surface area contributed by atoms with Crippen molar-refractivity contribution in [2.24, 2.45) is 0 Å². The maximum atomic E-state index is 12.0. The van der Waals surface area contributed by atoms with Crippen LogP contribution in [0.4, 0.5) is 0 Å². The van der Waals surface area contributed by atoms with E-state index in [1.807, 2.05) is 16.3 Å². The summed E-state index contributed by atoms with van der Waals surface area (Å²) in [5, 5.41) is 10.6. The van der Waals surface area contributed by atoms with Gasteiger partial charge in [-0.2, -0.15) is 0 Å². The first-order valence-corrected chi connectivity index (χ1v) is 7.84. The summed E-state index contributed by atoms with van der Waals surface area (Å²) in [5.74, 6) is -0.571. The maximum absolute atomic E-state index is 12.0. The third kappa shape index (κ3) is 3.26.